The Labute approximate surface area is 110 Å². The minimum Gasteiger partial charge on any atom is -0.481 e. The zero-order chi connectivity index (χ0) is 14.2. The van der Waals surface area contributed by atoms with E-state index in [0.29, 0.717) is 13.0 Å². The van der Waals surface area contributed by atoms with Gasteiger partial charge in [0.1, 0.15) is 0 Å². The lowest BCUT2D eigenvalue weighted by Gasteiger charge is -2.25. The summed E-state index contributed by atoms with van der Waals surface area (Å²) in [6.07, 6.45) is 0.568. The van der Waals surface area contributed by atoms with Crippen molar-refractivity contribution in [2.75, 3.05) is 11.4 Å². The van der Waals surface area contributed by atoms with Crippen LogP contribution in [0.15, 0.2) is 18.2 Å². The number of aryl methyl sites for hydroxylation is 1. The molecular formula is C13H16N2O4. The van der Waals surface area contributed by atoms with Crippen molar-refractivity contribution in [1.82, 2.24) is 0 Å². The number of rotatable bonds is 3. The van der Waals surface area contributed by atoms with Gasteiger partial charge in [0.2, 0.25) is 0 Å². The van der Waals surface area contributed by atoms with Crippen LogP contribution >= 0.6 is 0 Å². The minimum atomic E-state index is -0.808. The highest BCUT2D eigenvalue weighted by Crippen LogP contribution is 2.32. The molecule has 1 fully saturated rings. The van der Waals surface area contributed by atoms with E-state index in [1.807, 2.05) is 17.9 Å². The summed E-state index contributed by atoms with van der Waals surface area (Å²) in [5.74, 6) is -1.23. The molecule has 6 heteroatoms. The Balaban J connectivity index is 2.33. The maximum atomic E-state index is 11.1. The molecule has 0 bridgehead atoms. The predicted octanol–water partition coefficient (Wildman–Crippen LogP) is 2.20. The SMILES string of the molecule is Cc1cc(N2CCC(C(=O)O)C2C)cc([N+](=O)[O-])c1. The molecule has 102 valence electrons. The zero-order valence-corrected chi connectivity index (χ0v) is 10.9. The number of carboxylic acids is 1. The molecule has 0 radical (unpaired) electrons. The minimum absolute atomic E-state index is 0.0426. The molecule has 0 aromatic heterocycles. The fourth-order valence-electron chi connectivity index (χ4n) is 2.65. The molecule has 0 saturated carbocycles. The van der Waals surface area contributed by atoms with E-state index in [1.165, 1.54) is 12.1 Å². The van der Waals surface area contributed by atoms with Crippen LogP contribution in [0.2, 0.25) is 0 Å². The summed E-state index contributed by atoms with van der Waals surface area (Å²) in [6, 6.07) is 4.72. The first kappa shape index (κ1) is 13.3. The van der Waals surface area contributed by atoms with Crippen molar-refractivity contribution < 1.29 is 14.8 Å². The summed E-state index contributed by atoms with van der Waals surface area (Å²) < 4.78 is 0. The number of aliphatic carboxylic acids is 1. The number of anilines is 1. The van der Waals surface area contributed by atoms with Gasteiger partial charge in [0.05, 0.1) is 10.8 Å². The van der Waals surface area contributed by atoms with Crippen LogP contribution in [0.5, 0.6) is 0 Å². The van der Waals surface area contributed by atoms with Gasteiger partial charge in [0, 0.05) is 30.4 Å². The number of nitro groups is 1. The monoisotopic (exact) mass is 264 g/mol. The van der Waals surface area contributed by atoms with Gasteiger partial charge < -0.3 is 10.0 Å². The van der Waals surface area contributed by atoms with Gasteiger partial charge in [0.15, 0.2) is 0 Å². The number of hydrogen-bond acceptors (Lipinski definition) is 4. The molecule has 1 aromatic rings. The topological polar surface area (TPSA) is 83.7 Å². The average Bonchev–Trinajstić information content (AvgIpc) is 2.70. The zero-order valence-electron chi connectivity index (χ0n) is 10.9. The molecule has 19 heavy (non-hydrogen) atoms. The van der Waals surface area contributed by atoms with E-state index < -0.39 is 16.8 Å². The molecular weight excluding hydrogens is 248 g/mol. The van der Waals surface area contributed by atoms with Gasteiger partial charge >= 0.3 is 5.97 Å². The molecule has 0 aliphatic carbocycles. The maximum absolute atomic E-state index is 11.1. The number of carboxylic acid groups (broad SMARTS) is 1. The molecule has 6 nitrogen and oxygen atoms in total. The van der Waals surface area contributed by atoms with E-state index in [4.69, 9.17) is 5.11 Å². The first-order chi connectivity index (χ1) is 8.90. The Hall–Kier alpha value is -2.11. The summed E-state index contributed by atoms with van der Waals surface area (Å²) in [4.78, 5) is 23.5. The number of nitrogens with zero attached hydrogens (tertiary/aromatic N) is 2. The molecule has 1 saturated heterocycles. The van der Waals surface area contributed by atoms with Gasteiger partial charge in [-0.2, -0.15) is 0 Å². The Kier molecular flexibility index (Phi) is 3.42. The fourth-order valence-corrected chi connectivity index (χ4v) is 2.65. The second kappa shape index (κ2) is 4.87. The van der Waals surface area contributed by atoms with Crippen LogP contribution in [0.25, 0.3) is 0 Å². The van der Waals surface area contributed by atoms with Gasteiger partial charge in [-0.1, -0.05) is 0 Å². The quantitative estimate of drug-likeness (QED) is 0.668. The van der Waals surface area contributed by atoms with Crippen molar-refractivity contribution in [3.05, 3.63) is 33.9 Å². The average molecular weight is 264 g/mol. The van der Waals surface area contributed by atoms with E-state index in [2.05, 4.69) is 0 Å². The van der Waals surface area contributed by atoms with Crippen molar-refractivity contribution in [3.63, 3.8) is 0 Å². The largest absolute Gasteiger partial charge is 0.481 e. The molecule has 2 atom stereocenters. The highest BCUT2D eigenvalue weighted by atomic mass is 16.6. The standard InChI is InChI=1S/C13H16N2O4/c1-8-5-10(7-11(6-8)15(18)19)14-4-3-12(9(14)2)13(16)17/h5-7,9,12H,3-4H2,1-2H3,(H,16,17). The smallest absolute Gasteiger partial charge is 0.308 e. The fraction of sp³-hybridized carbons (Fsp3) is 0.462. The lowest BCUT2D eigenvalue weighted by Crippen LogP contribution is -2.32. The third-order valence-electron chi connectivity index (χ3n) is 3.66. The Bertz CT molecular complexity index is 529. The van der Waals surface area contributed by atoms with E-state index in [1.54, 1.807) is 6.92 Å². The Morgan fingerprint density at radius 1 is 1.47 bits per heavy atom. The number of benzene rings is 1. The van der Waals surface area contributed by atoms with Gasteiger partial charge in [-0.15, -0.1) is 0 Å². The van der Waals surface area contributed by atoms with Crippen LogP contribution in [0.4, 0.5) is 11.4 Å². The van der Waals surface area contributed by atoms with Crippen molar-refractivity contribution >= 4 is 17.3 Å². The number of non-ortho nitro benzene ring substituents is 1. The molecule has 0 spiro atoms. The second-order valence-corrected chi connectivity index (χ2v) is 4.95. The molecule has 1 aliphatic heterocycles. The van der Waals surface area contributed by atoms with Crippen LogP contribution in [-0.2, 0) is 4.79 Å². The van der Waals surface area contributed by atoms with E-state index >= 15 is 0 Å². The van der Waals surface area contributed by atoms with Gasteiger partial charge in [-0.25, -0.2) is 0 Å². The predicted molar refractivity (Wildman–Crippen MR) is 70.4 cm³/mol. The van der Waals surface area contributed by atoms with E-state index in [-0.39, 0.29) is 11.7 Å². The molecule has 2 rings (SSSR count). The summed E-state index contributed by atoms with van der Waals surface area (Å²) >= 11 is 0. The van der Waals surface area contributed by atoms with Crippen molar-refractivity contribution in [1.29, 1.82) is 0 Å². The van der Waals surface area contributed by atoms with E-state index in [9.17, 15) is 14.9 Å². The van der Waals surface area contributed by atoms with Crippen molar-refractivity contribution in [2.24, 2.45) is 5.92 Å². The molecule has 1 heterocycles. The number of hydrogen-bond donors (Lipinski definition) is 1. The summed E-state index contributed by atoms with van der Waals surface area (Å²) in [5.41, 5.74) is 1.57. The Morgan fingerprint density at radius 2 is 2.16 bits per heavy atom. The van der Waals surface area contributed by atoms with Gasteiger partial charge in [0.25, 0.3) is 5.69 Å². The number of nitro benzene ring substituents is 1. The maximum Gasteiger partial charge on any atom is 0.308 e. The molecule has 1 N–H and O–H groups in total. The molecule has 1 aliphatic rings. The molecule has 2 unspecified atom stereocenters. The van der Waals surface area contributed by atoms with E-state index in [0.717, 1.165) is 11.3 Å². The highest BCUT2D eigenvalue weighted by molar-refractivity contribution is 5.73. The highest BCUT2D eigenvalue weighted by Gasteiger charge is 2.36. The third-order valence-corrected chi connectivity index (χ3v) is 3.66. The lowest BCUT2D eigenvalue weighted by molar-refractivity contribution is -0.384. The van der Waals surface area contributed by atoms with Crippen LogP contribution in [0.1, 0.15) is 18.9 Å². The summed E-state index contributed by atoms with van der Waals surface area (Å²) in [5, 5.41) is 20.0. The molecule has 0 amide bonds. The normalized spacial score (nSPS) is 22.5. The summed E-state index contributed by atoms with van der Waals surface area (Å²) in [7, 11) is 0. The first-order valence-corrected chi connectivity index (χ1v) is 6.15. The second-order valence-electron chi connectivity index (χ2n) is 4.95. The van der Waals surface area contributed by atoms with Crippen LogP contribution in [-0.4, -0.2) is 28.6 Å². The van der Waals surface area contributed by atoms with Crippen molar-refractivity contribution in [3.8, 4) is 0 Å². The summed E-state index contributed by atoms with van der Waals surface area (Å²) in [6.45, 7) is 4.25. The lowest BCUT2D eigenvalue weighted by atomic mass is 10.0. The van der Waals surface area contributed by atoms with Crippen molar-refractivity contribution in [2.45, 2.75) is 26.3 Å². The molecule has 1 aromatic carbocycles. The van der Waals surface area contributed by atoms with Gasteiger partial charge in [-0.05, 0) is 31.9 Å². The van der Waals surface area contributed by atoms with Crippen LogP contribution < -0.4 is 4.90 Å². The third kappa shape index (κ3) is 2.52. The van der Waals surface area contributed by atoms with Gasteiger partial charge in [-0.3, -0.25) is 14.9 Å². The number of carbonyl (C=O) groups is 1. The van der Waals surface area contributed by atoms with Crippen LogP contribution in [0.3, 0.4) is 0 Å². The Morgan fingerprint density at radius 3 is 2.68 bits per heavy atom. The first-order valence-electron chi connectivity index (χ1n) is 6.15. The van der Waals surface area contributed by atoms with Crippen LogP contribution in [0, 0.1) is 23.0 Å².